The first-order valence-corrected chi connectivity index (χ1v) is 7.49. The average molecular weight is 257 g/mol. The summed E-state index contributed by atoms with van der Waals surface area (Å²) in [6, 6.07) is 6.14. The number of amides is 1. The summed E-state index contributed by atoms with van der Waals surface area (Å²) < 4.78 is 0. The van der Waals surface area contributed by atoms with E-state index < -0.39 is 0 Å². The van der Waals surface area contributed by atoms with Gasteiger partial charge in [-0.3, -0.25) is 4.79 Å². The van der Waals surface area contributed by atoms with Crippen molar-refractivity contribution in [2.24, 2.45) is 17.8 Å². The Labute approximate surface area is 115 Å². The van der Waals surface area contributed by atoms with Crippen molar-refractivity contribution in [1.29, 1.82) is 0 Å². The predicted molar refractivity (Wildman–Crippen MR) is 78.1 cm³/mol. The zero-order valence-corrected chi connectivity index (χ0v) is 11.9. The Bertz CT molecular complexity index is 494. The van der Waals surface area contributed by atoms with Crippen molar-refractivity contribution >= 4 is 11.6 Å². The maximum Gasteiger partial charge on any atom is 0.224 e. The van der Waals surface area contributed by atoms with E-state index in [0.717, 1.165) is 17.5 Å². The number of carbonyl (C=O) groups excluding carboxylic acids is 1. The van der Waals surface area contributed by atoms with Crippen molar-refractivity contribution in [3.63, 3.8) is 0 Å². The summed E-state index contributed by atoms with van der Waals surface area (Å²) in [7, 11) is 0. The Hall–Kier alpha value is -1.31. The minimum absolute atomic E-state index is 0.195. The average Bonchev–Trinajstić information content (AvgIpc) is 2.96. The van der Waals surface area contributed by atoms with Crippen molar-refractivity contribution in [2.45, 2.75) is 46.0 Å². The van der Waals surface area contributed by atoms with E-state index in [1.807, 2.05) is 6.07 Å². The summed E-state index contributed by atoms with van der Waals surface area (Å²) in [6.07, 6.45) is 6.13. The van der Waals surface area contributed by atoms with E-state index >= 15 is 0 Å². The van der Waals surface area contributed by atoms with Gasteiger partial charge in [-0.2, -0.15) is 0 Å². The third-order valence-corrected chi connectivity index (χ3v) is 5.12. The maximum atomic E-state index is 12.1. The number of fused-ring (bicyclic) bond motifs is 2. The molecule has 0 saturated heterocycles. The Morgan fingerprint density at radius 2 is 2.05 bits per heavy atom. The van der Waals surface area contributed by atoms with Gasteiger partial charge in [0.05, 0.1) is 0 Å². The van der Waals surface area contributed by atoms with Crippen molar-refractivity contribution in [1.82, 2.24) is 0 Å². The molecule has 3 atom stereocenters. The van der Waals surface area contributed by atoms with E-state index in [9.17, 15) is 4.79 Å². The smallest absolute Gasteiger partial charge is 0.224 e. The quantitative estimate of drug-likeness (QED) is 0.869. The van der Waals surface area contributed by atoms with Crippen molar-refractivity contribution < 1.29 is 4.79 Å². The lowest BCUT2D eigenvalue weighted by Crippen LogP contribution is -2.20. The highest BCUT2D eigenvalue weighted by atomic mass is 16.1. The van der Waals surface area contributed by atoms with E-state index in [1.54, 1.807) is 0 Å². The molecule has 102 valence electrons. The number of hydrogen-bond acceptors (Lipinski definition) is 1. The van der Waals surface area contributed by atoms with Gasteiger partial charge < -0.3 is 5.32 Å². The van der Waals surface area contributed by atoms with Crippen LogP contribution in [0.5, 0.6) is 0 Å². The topological polar surface area (TPSA) is 29.1 Å². The molecule has 0 spiro atoms. The van der Waals surface area contributed by atoms with Gasteiger partial charge in [-0.05, 0) is 74.1 Å². The van der Waals surface area contributed by atoms with Crippen LogP contribution in [0, 0.1) is 31.6 Å². The molecule has 19 heavy (non-hydrogen) atoms. The Balaban J connectivity index is 1.57. The monoisotopic (exact) mass is 257 g/mol. The van der Waals surface area contributed by atoms with Gasteiger partial charge in [-0.15, -0.1) is 0 Å². The lowest BCUT2D eigenvalue weighted by atomic mass is 9.86. The number of benzene rings is 1. The molecule has 2 aliphatic carbocycles. The van der Waals surface area contributed by atoms with Crippen LogP contribution >= 0.6 is 0 Å². The fourth-order valence-electron chi connectivity index (χ4n) is 3.90. The van der Waals surface area contributed by atoms with Gasteiger partial charge in [0.1, 0.15) is 0 Å². The summed E-state index contributed by atoms with van der Waals surface area (Å²) in [5, 5.41) is 3.06. The lowest BCUT2D eigenvalue weighted by molar-refractivity contribution is -0.117. The van der Waals surface area contributed by atoms with Gasteiger partial charge in [0.25, 0.3) is 0 Å². The summed E-state index contributed by atoms with van der Waals surface area (Å²) in [6.45, 7) is 4.18. The zero-order chi connectivity index (χ0) is 13.4. The van der Waals surface area contributed by atoms with Crippen LogP contribution in [0.25, 0.3) is 0 Å². The van der Waals surface area contributed by atoms with E-state index in [-0.39, 0.29) is 5.91 Å². The molecule has 0 heterocycles. The van der Waals surface area contributed by atoms with Crippen molar-refractivity contribution in [3.05, 3.63) is 29.3 Å². The van der Waals surface area contributed by atoms with Crippen molar-refractivity contribution in [3.8, 4) is 0 Å². The molecule has 2 aliphatic rings. The number of anilines is 1. The summed E-state index contributed by atoms with van der Waals surface area (Å²) in [5.41, 5.74) is 3.44. The Morgan fingerprint density at radius 3 is 2.68 bits per heavy atom. The molecule has 1 aromatic rings. The molecular weight excluding hydrogens is 234 g/mol. The fraction of sp³-hybridized carbons (Fsp3) is 0.588. The normalized spacial score (nSPS) is 28.6. The van der Waals surface area contributed by atoms with Gasteiger partial charge in [0.2, 0.25) is 5.91 Å². The number of hydrogen-bond donors (Lipinski definition) is 1. The summed E-state index contributed by atoms with van der Waals surface area (Å²) in [4.78, 5) is 12.1. The Morgan fingerprint density at radius 1 is 1.21 bits per heavy atom. The van der Waals surface area contributed by atoms with E-state index in [0.29, 0.717) is 12.3 Å². The second-order valence-corrected chi connectivity index (χ2v) is 6.49. The molecule has 1 amide bonds. The molecule has 2 nitrogen and oxygen atoms in total. The van der Waals surface area contributed by atoms with E-state index in [4.69, 9.17) is 0 Å². The lowest BCUT2D eigenvalue weighted by Gasteiger charge is -2.21. The largest absolute Gasteiger partial charge is 0.326 e. The summed E-state index contributed by atoms with van der Waals surface area (Å²) in [5.74, 6) is 2.59. The molecule has 2 heteroatoms. The van der Waals surface area contributed by atoms with Crippen LogP contribution in [0.4, 0.5) is 5.69 Å². The highest BCUT2D eigenvalue weighted by Crippen LogP contribution is 2.49. The van der Waals surface area contributed by atoms with E-state index in [1.165, 1.54) is 36.8 Å². The molecule has 2 bridgehead atoms. The first-order chi connectivity index (χ1) is 9.11. The molecule has 3 rings (SSSR count). The number of rotatable bonds is 3. The van der Waals surface area contributed by atoms with E-state index in [2.05, 4.69) is 31.3 Å². The molecule has 0 unspecified atom stereocenters. The fourth-order valence-corrected chi connectivity index (χ4v) is 3.90. The van der Waals surface area contributed by atoms with Crippen LogP contribution in [0.1, 0.15) is 43.2 Å². The van der Waals surface area contributed by atoms with Crippen LogP contribution in [0.15, 0.2) is 18.2 Å². The number of aryl methyl sites for hydroxylation is 2. The third kappa shape index (κ3) is 2.68. The second-order valence-electron chi connectivity index (χ2n) is 6.49. The van der Waals surface area contributed by atoms with Crippen molar-refractivity contribution in [2.75, 3.05) is 5.32 Å². The van der Waals surface area contributed by atoms with Gasteiger partial charge in [0.15, 0.2) is 0 Å². The first-order valence-electron chi connectivity index (χ1n) is 7.49. The number of carbonyl (C=O) groups is 1. The molecule has 2 fully saturated rings. The molecule has 0 aliphatic heterocycles. The maximum absolute atomic E-state index is 12.1. The van der Waals surface area contributed by atoms with Gasteiger partial charge >= 0.3 is 0 Å². The standard InChI is InChI=1S/C17H23NO/c1-11-3-6-16(7-12(11)2)18-17(19)10-15-9-13-4-5-14(15)8-13/h3,6-7,13-15H,4-5,8-10H2,1-2H3,(H,18,19)/t13-,14+,15-/m0/s1. The molecule has 0 radical (unpaired) electrons. The predicted octanol–water partition coefficient (Wildman–Crippen LogP) is 4.07. The molecule has 0 aromatic heterocycles. The minimum atomic E-state index is 0.195. The van der Waals surface area contributed by atoms with Crippen LogP contribution < -0.4 is 5.32 Å². The molecular formula is C17H23NO. The Kier molecular flexibility index (Phi) is 3.34. The third-order valence-electron chi connectivity index (χ3n) is 5.12. The first kappa shape index (κ1) is 12.7. The van der Waals surface area contributed by atoms with Gasteiger partial charge in [-0.1, -0.05) is 12.5 Å². The highest BCUT2D eigenvalue weighted by molar-refractivity contribution is 5.91. The van der Waals surface area contributed by atoms with Crippen LogP contribution in [-0.4, -0.2) is 5.91 Å². The van der Waals surface area contributed by atoms with Gasteiger partial charge in [0, 0.05) is 12.1 Å². The van der Waals surface area contributed by atoms with Crippen LogP contribution in [-0.2, 0) is 4.79 Å². The highest BCUT2D eigenvalue weighted by Gasteiger charge is 2.40. The molecule has 1 aromatic carbocycles. The minimum Gasteiger partial charge on any atom is -0.326 e. The zero-order valence-electron chi connectivity index (χ0n) is 11.9. The molecule has 1 N–H and O–H groups in total. The second kappa shape index (κ2) is 4.99. The van der Waals surface area contributed by atoms with Gasteiger partial charge in [-0.25, -0.2) is 0 Å². The molecule has 2 saturated carbocycles. The van der Waals surface area contributed by atoms with Crippen LogP contribution in [0.2, 0.25) is 0 Å². The van der Waals surface area contributed by atoms with Crippen LogP contribution in [0.3, 0.4) is 0 Å². The number of nitrogens with one attached hydrogen (secondary N) is 1. The SMILES string of the molecule is Cc1ccc(NC(=O)C[C@@H]2C[C@H]3CC[C@@H]2C3)cc1C. The summed E-state index contributed by atoms with van der Waals surface area (Å²) >= 11 is 0.